The molecule has 1 rings (SSSR count). The number of carbonyl (C=O) groups is 1. The molecule has 1 aromatic rings. The minimum absolute atomic E-state index is 0.0742. The molecule has 0 spiro atoms. The van der Waals surface area contributed by atoms with Crippen molar-refractivity contribution < 1.29 is 4.79 Å². The Bertz CT molecular complexity index is 518. The van der Waals surface area contributed by atoms with Gasteiger partial charge in [-0.25, -0.2) is 0 Å². The van der Waals surface area contributed by atoms with Crippen molar-refractivity contribution >= 4 is 5.91 Å². The molecule has 3 heteroatoms. The molecular formula is C19H28N2O. The third-order valence-electron chi connectivity index (χ3n) is 3.67. The standard InChI is InChI=1S/C19H28N2O/c1-7-12-20-17(22)13-21-18(14(2)3)15-8-10-16(11-9-15)19(4,5)6/h1,8-11,14,18,21H,12-13H2,2-6H3,(H,20,22). The zero-order valence-electron chi connectivity index (χ0n) is 14.4. The van der Waals surface area contributed by atoms with Gasteiger partial charge in [0.2, 0.25) is 5.91 Å². The van der Waals surface area contributed by atoms with Gasteiger partial charge in [-0.1, -0.05) is 64.8 Å². The van der Waals surface area contributed by atoms with Gasteiger partial charge in [0.25, 0.3) is 0 Å². The van der Waals surface area contributed by atoms with Gasteiger partial charge >= 0.3 is 0 Å². The highest BCUT2D eigenvalue weighted by atomic mass is 16.1. The number of nitrogens with one attached hydrogen (secondary N) is 2. The summed E-state index contributed by atoms with van der Waals surface area (Å²) in [4.78, 5) is 11.7. The smallest absolute Gasteiger partial charge is 0.234 e. The van der Waals surface area contributed by atoms with E-state index < -0.39 is 0 Å². The molecule has 120 valence electrons. The van der Waals surface area contributed by atoms with Crippen LogP contribution in [0, 0.1) is 18.3 Å². The van der Waals surface area contributed by atoms with Crippen LogP contribution in [0.2, 0.25) is 0 Å². The van der Waals surface area contributed by atoms with E-state index in [2.05, 4.69) is 75.4 Å². The Hall–Kier alpha value is -1.79. The van der Waals surface area contributed by atoms with Crippen molar-refractivity contribution in [1.82, 2.24) is 10.6 Å². The lowest BCUT2D eigenvalue weighted by Gasteiger charge is -2.25. The van der Waals surface area contributed by atoms with Crippen LogP contribution >= 0.6 is 0 Å². The van der Waals surface area contributed by atoms with Crippen LogP contribution in [0.4, 0.5) is 0 Å². The van der Waals surface area contributed by atoms with E-state index in [-0.39, 0.29) is 30.5 Å². The SMILES string of the molecule is C#CCNC(=O)CNC(c1ccc(C(C)(C)C)cc1)C(C)C. The Morgan fingerprint density at radius 3 is 2.27 bits per heavy atom. The van der Waals surface area contributed by atoms with E-state index in [1.807, 2.05) is 0 Å². The summed E-state index contributed by atoms with van der Waals surface area (Å²) in [5, 5.41) is 5.99. The molecule has 22 heavy (non-hydrogen) atoms. The van der Waals surface area contributed by atoms with E-state index in [0.717, 1.165) is 0 Å². The summed E-state index contributed by atoms with van der Waals surface area (Å²) in [6.45, 7) is 11.4. The second-order valence-corrected chi connectivity index (χ2v) is 6.96. The van der Waals surface area contributed by atoms with Gasteiger partial charge < -0.3 is 10.6 Å². The molecule has 1 amide bonds. The maximum Gasteiger partial charge on any atom is 0.234 e. The quantitative estimate of drug-likeness (QED) is 0.793. The predicted molar refractivity (Wildman–Crippen MR) is 92.6 cm³/mol. The van der Waals surface area contributed by atoms with Crippen LogP contribution < -0.4 is 10.6 Å². The van der Waals surface area contributed by atoms with E-state index in [9.17, 15) is 4.79 Å². The van der Waals surface area contributed by atoms with Crippen LogP contribution in [0.1, 0.15) is 51.8 Å². The van der Waals surface area contributed by atoms with E-state index in [1.54, 1.807) is 0 Å². The Morgan fingerprint density at radius 2 is 1.82 bits per heavy atom. The normalized spacial score (nSPS) is 12.8. The van der Waals surface area contributed by atoms with Crippen LogP contribution in [0.5, 0.6) is 0 Å². The van der Waals surface area contributed by atoms with Gasteiger partial charge in [-0.05, 0) is 22.5 Å². The Morgan fingerprint density at radius 1 is 1.23 bits per heavy atom. The lowest BCUT2D eigenvalue weighted by atomic mass is 9.85. The molecule has 0 saturated heterocycles. The van der Waals surface area contributed by atoms with Crippen molar-refractivity contribution in [2.75, 3.05) is 13.1 Å². The Balaban J connectivity index is 2.75. The number of carbonyl (C=O) groups excluding carboxylic acids is 1. The molecule has 0 fully saturated rings. The molecular weight excluding hydrogens is 272 g/mol. The van der Waals surface area contributed by atoms with Gasteiger partial charge in [0.1, 0.15) is 0 Å². The second kappa shape index (κ2) is 8.00. The highest BCUT2D eigenvalue weighted by molar-refractivity contribution is 5.78. The van der Waals surface area contributed by atoms with E-state index in [0.29, 0.717) is 5.92 Å². The van der Waals surface area contributed by atoms with Crippen molar-refractivity contribution in [3.05, 3.63) is 35.4 Å². The minimum atomic E-state index is -0.0742. The predicted octanol–water partition coefficient (Wildman–Crippen LogP) is 3.02. The van der Waals surface area contributed by atoms with Crippen LogP contribution in [0.3, 0.4) is 0 Å². The molecule has 0 bridgehead atoms. The fourth-order valence-electron chi connectivity index (χ4n) is 2.34. The molecule has 1 aromatic carbocycles. The summed E-state index contributed by atoms with van der Waals surface area (Å²) in [7, 11) is 0. The van der Waals surface area contributed by atoms with Crippen molar-refractivity contribution in [2.45, 2.75) is 46.1 Å². The molecule has 0 aliphatic heterocycles. The van der Waals surface area contributed by atoms with Crippen LogP contribution in [0.15, 0.2) is 24.3 Å². The average molecular weight is 300 g/mol. The molecule has 1 atom stereocenters. The summed E-state index contributed by atoms with van der Waals surface area (Å²) < 4.78 is 0. The zero-order chi connectivity index (χ0) is 16.8. The summed E-state index contributed by atoms with van der Waals surface area (Å²) in [5.74, 6) is 2.72. The van der Waals surface area contributed by atoms with Gasteiger partial charge in [0.15, 0.2) is 0 Å². The first-order valence-electron chi connectivity index (χ1n) is 7.79. The number of amides is 1. The number of hydrogen-bond acceptors (Lipinski definition) is 2. The van der Waals surface area contributed by atoms with Crippen LogP contribution in [0.25, 0.3) is 0 Å². The van der Waals surface area contributed by atoms with E-state index >= 15 is 0 Å². The lowest BCUT2D eigenvalue weighted by molar-refractivity contribution is -0.120. The summed E-state index contributed by atoms with van der Waals surface area (Å²) in [6.07, 6.45) is 5.14. The highest BCUT2D eigenvalue weighted by Gasteiger charge is 2.18. The Labute approximate surface area is 134 Å². The highest BCUT2D eigenvalue weighted by Crippen LogP contribution is 2.26. The van der Waals surface area contributed by atoms with E-state index in [4.69, 9.17) is 6.42 Å². The monoisotopic (exact) mass is 300 g/mol. The van der Waals surface area contributed by atoms with Gasteiger partial charge in [-0.3, -0.25) is 4.79 Å². The number of benzene rings is 1. The minimum Gasteiger partial charge on any atom is -0.344 e. The number of terminal acetylenes is 1. The molecule has 0 aliphatic carbocycles. The van der Waals surface area contributed by atoms with Gasteiger partial charge in [-0.2, -0.15) is 0 Å². The molecule has 0 heterocycles. The first-order valence-corrected chi connectivity index (χ1v) is 7.79. The molecule has 0 aliphatic rings. The molecule has 2 N–H and O–H groups in total. The number of hydrogen-bond donors (Lipinski definition) is 2. The van der Waals surface area contributed by atoms with Crippen molar-refractivity contribution in [3.63, 3.8) is 0 Å². The van der Waals surface area contributed by atoms with Crippen molar-refractivity contribution in [3.8, 4) is 12.3 Å². The maximum atomic E-state index is 11.7. The molecule has 0 radical (unpaired) electrons. The van der Waals surface area contributed by atoms with Gasteiger partial charge in [0.05, 0.1) is 13.1 Å². The topological polar surface area (TPSA) is 41.1 Å². The largest absolute Gasteiger partial charge is 0.344 e. The molecule has 0 saturated carbocycles. The molecule has 1 unspecified atom stereocenters. The third kappa shape index (κ3) is 5.54. The van der Waals surface area contributed by atoms with Crippen LogP contribution in [-0.4, -0.2) is 19.0 Å². The first kappa shape index (κ1) is 18.3. The maximum absolute atomic E-state index is 11.7. The molecule has 0 aromatic heterocycles. The van der Waals surface area contributed by atoms with Gasteiger partial charge in [0, 0.05) is 6.04 Å². The third-order valence-corrected chi connectivity index (χ3v) is 3.67. The second-order valence-electron chi connectivity index (χ2n) is 6.96. The number of rotatable bonds is 6. The molecule has 3 nitrogen and oxygen atoms in total. The fraction of sp³-hybridized carbons (Fsp3) is 0.526. The Kier molecular flexibility index (Phi) is 6.64. The first-order chi connectivity index (χ1) is 10.3. The fourth-order valence-corrected chi connectivity index (χ4v) is 2.34. The van der Waals surface area contributed by atoms with Gasteiger partial charge in [-0.15, -0.1) is 6.42 Å². The average Bonchev–Trinajstić information content (AvgIpc) is 2.44. The lowest BCUT2D eigenvalue weighted by Crippen LogP contribution is -2.37. The van der Waals surface area contributed by atoms with Crippen molar-refractivity contribution in [2.24, 2.45) is 5.92 Å². The van der Waals surface area contributed by atoms with E-state index in [1.165, 1.54) is 11.1 Å². The summed E-state index contributed by atoms with van der Waals surface area (Å²) >= 11 is 0. The van der Waals surface area contributed by atoms with Crippen molar-refractivity contribution in [1.29, 1.82) is 0 Å². The van der Waals surface area contributed by atoms with Crippen LogP contribution in [-0.2, 0) is 10.2 Å². The zero-order valence-corrected chi connectivity index (χ0v) is 14.4. The summed E-state index contributed by atoms with van der Waals surface area (Å²) in [5.41, 5.74) is 2.66. The summed E-state index contributed by atoms with van der Waals surface area (Å²) in [6, 6.07) is 8.79.